The van der Waals surface area contributed by atoms with Crippen LogP contribution in [-0.2, 0) is 0 Å². The molecule has 0 aromatic heterocycles. The van der Waals surface area contributed by atoms with E-state index in [1.165, 1.54) is 51.4 Å². The minimum absolute atomic E-state index is 0.138. The molecule has 0 atom stereocenters. The van der Waals surface area contributed by atoms with Crippen LogP contribution in [0.4, 0.5) is 5.69 Å². The monoisotopic (exact) mass is 496 g/mol. The standard InChI is InChI=1S/C30H44N2O2S/c1-4-6-8-9-10-11-12-13-14-22-34-27-19-17-25(18-20-27)29(33)32-28-23-26(16-15-24(28)3)30(35)31-21-7-5-2/h15-20,23H,4-14,21-22H2,1-3H3,(H,31,35)(H,32,33). The van der Waals surface area contributed by atoms with Gasteiger partial charge in [0, 0.05) is 23.4 Å². The Morgan fingerprint density at radius 3 is 2.06 bits per heavy atom. The Balaban J connectivity index is 1.75. The van der Waals surface area contributed by atoms with Crippen LogP contribution in [0, 0.1) is 6.92 Å². The Morgan fingerprint density at radius 2 is 1.40 bits per heavy atom. The first-order valence-corrected chi connectivity index (χ1v) is 13.9. The number of ether oxygens (including phenoxy) is 1. The summed E-state index contributed by atoms with van der Waals surface area (Å²) in [5.74, 6) is 0.670. The topological polar surface area (TPSA) is 50.4 Å². The summed E-state index contributed by atoms with van der Waals surface area (Å²) in [7, 11) is 0. The highest BCUT2D eigenvalue weighted by atomic mass is 32.1. The molecule has 192 valence electrons. The number of aryl methyl sites for hydroxylation is 1. The average Bonchev–Trinajstić information content (AvgIpc) is 2.87. The average molecular weight is 497 g/mol. The highest BCUT2D eigenvalue weighted by molar-refractivity contribution is 7.80. The third kappa shape index (κ3) is 11.3. The molecule has 0 aliphatic heterocycles. The number of hydrogen-bond acceptors (Lipinski definition) is 3. The lowest BCUT2D eigenvalue weighted by atomic mass is 10.1. The molecule has 0 saturated carbocycles. The van der Waals surface area contributed by atoms with Crippen LogP contribution in [0.25, 0.3) is 0 Å². The van der Waals surface area contributed by atoms with Gasteiger partial charge in [0.15, 0.2) is 0 Å². The molecule has 35 heavy (non-hydrogen) atoms. The van der Waals surface area contributed by atoms with Gasteiger partial charge in [-0.3, -0.25) is 4.79 Å². The second-order valence-corrected chi connectivity index (χ2v) is 9.70. The predicted octanol–water partition coefficient (Wildman–Crippen LogP) is 8.22. The van der Waals surface area contributed by atoms with Gasteiger partial charge in [-0.2, -0.15) is 0 Å². The molecule has 2 rings (SSSR count). The number of anilines is 1. The van der Waals surface area contributed by atoms with E-state index in [1.807, 2.05) is 49.4 Å². The van der Waals surface area contributed by atoms with Crippen LogP contribution in [0.15, 0.2) is 42.5 Å². The minimum atomic E-state index is -0.138. The van der Waals surface area contributed by atoms with Crippen molar-refractivity contribution in [3.8, 4) is 5.75 Å². The van der Waals surface area contributed by atoms with E-state index in [0.717, 1.165) is 55.0 Å². The molecule has 0 bridgehead atoms. The zero-order valence-corrected chi connectivity index (χ0v) is 22.8. The fraction of sp³-hybridized carbons (Fsp3) is 0.533. The minimum Gasteiger partial charge on any atom is -0.494 e. The van der Waals surface area contributed by atoms with Gasteiger partial charge in [-0.15, -0.1) is 0 Å². The molecule has 0 radical (unpaired) electrons. The van der Waals surface area contributed by atoms with Gasteiger partial charge >= 0.3 is 0 Å². The molecule has 1 amide bonds. The summed E-state index contributed by atoms with van der Waals surface area (Å²) in [5, 5.41) is 6.31. The fourth-order valence-electron chi connectivity index (χ4n) is 3.88. The Bertz CT molecular complexity index is 896. The SMILES string of the molecule is CCCCCCCCCCCOc1ccc(C(=O)Nc2cc(C(=S)NCCCC)ccc2C)cc1. The van der Waals surface area contributed by atoms with Crippen molar-refractivity contribution in [1.29, 1.82) is 0 Å². The number of thiocarbonyl (C=S) groups is 1. The molecule has 0 spiro atoms. The second kappa shape index (κ2) is 17.1. The van der Waals surface area contributed by atoms with Gasteiger partial charge in [-0.25, -0.2) is 0 Å². The van der Waals surface area contributed by atoms with E-state index in [4.69, 9.17) is 17.0 Å². The molecule has 0 aliphatic rings. The van der Waals surface area contributed by atoms with Crippen molar-refractivity contribution in [2.45, 2.75) is 91.4 Å². The molecule has 0 heterocycles. The van der Waals surface area contributed by atoms with Crippen LogP contribution >= 0.6 is 12.2 Å². The Hall–Kier alpha value is -2.40. The number of hydrogen-bond donors (Lipinski definition) is 2. The van der Waals surface area contributed by atoms with Gasteiger partial charge < -0.3 is 15.4 Å². The zero-order chi connectivity index (χ0) is 25.3. The summed E-state index contributed by atoms with van der Waals surface area (Å²) in [6, 6.07) is 13.3. The number of rotatable bonds is 17. The van der Waals surface area contributed by atoms with E-state index < -0.39 is 0 Å². The fourth-order valence-corrected chi connectivity index (χ4v) is 4.11. The Kier molecular flexibility index (Phi) is 14.1. The van der Waals surface area contributed by atoms with Gasteiger partial charge in [-0.05, 0) is 55.7 Å². The second-order valence-electron chi connectivity index (χ2n) is 9.29. The summed E-state index contributed by atoms with van der Waals surface area (Å²) < 4.78 is 5.87. The molecular weight excluding hydrogens is 452 g/mol. The van der Waals surface area contributed by atoms with Crippen molar-refractivity contribution in [3.63, 3.8) is 0 Å². The summed E-state index contributed by atoms with van der Waals surface area (Å²) in [6.45, 7) is 7.98. The molecule has 0 aliphatic carbocycles. The number of nitrogens with one attached hydrogen (secondary N) is 2. The van der Waals surface area contributed by atoms with Gasteiger partial charge in [-0.1, -0.05) is 96.0 Å². The van der Waals surface area contributed by atoms with Gasteiger partial charge in [0.25, 0.3) is 5.91 Å². The first-order valence-electron chi connectivity index (χ1n) is 13.5. The van der Waals surface area contributed by atoms with E-state index in [2.05, 4.69) is 24.5 Å². The molecule has 0 unspecified atom stereocenters. The molecule has 2 aromatic carbocycles. The van der Waals surface area contributed by atoms with Crippen LogP contribution in [-0.4, -0.2) is 24.0 Å². The first kappa shape index (κ1) is 28.8. The quantitative estimate of drug-likeness (QED) is 0.171. The van der Waals surface area contributed by atoms with Crippen LogP contribution in [0.1, 0.15) is 106 Å². The Morgan fingerprint density at radius 1 is 0.800 bits per heavy atom. The predicted molar refractivity (Wildman–Crippen MR) is 153 cm³/mol. The largest absolute Gasteiger partial charge is 0.494 e. The van der Waals surface area contributed by atoms with Crippen molar-refractivity contribution in [1.82, 2.24) is 5.32 Å². The highest BCUT2D eigenvalue weighted by Gasteiger charge is 2.10. The molecule has 2 N–H and O–H groups in total. The van der Waals surface area contributed by atoms with Crippen LogP contribution in [0.2, 0.25) is 0 Å². The van der Waals surface area contributed by atoms with E-state index in [9.17, 15) is 4.79 Å². The summed E-state index contributed by atoms with van der Waals surface area (Å²) >= 11 is 5.50. The number of carbonyl (C=O) groups excluding carboxylic acids is 1. The number of carbonyl (C=O) groups is 1. The Labute approximate surface area is 218 Å². The maximum absolute atomic E-state index is 12.8. The van der Waals surface area contributed by atoms with Gasteiger partial charge in [0.05, 0.1) is 6.61 Å². The van der Waals surface area contributed by atoms with E-state index in [0.29, 0.717) is 10.6 Å². The zero-order valence-electron chi connectivity index (χ0n) is 22.0. The first-order chi connectivity index (χ1) is 17.0. The van der Waals surface area contributed by atoms with E-state index in [1.54, 1.807) is 0 Å². The van der Waals surface area contributed by atoms with Crippen LogP contribution in [0.3, 0.4) is 0 Å². The van der Waals surface area contributed by atoms with Gasteiger partial charge in [0.1, 0.15) is 10.7 Å². The van der Waals surface area contributed by atoms with Crippen LogP contribution in [0.5, 0.6) is 5.75 Å². The molecular formula is C30H44N2O2S. The maximum atomic E-state index is 12.8. The lowest BCUT2D eigenvalue weighted by molar-refractivity contribution is 0.102. The lowest BCUT2D eigenvalue weighted by Crippen LogP contribution is -2.23. The molecule has 5 heteroatoms. The van der Waals surface area contributed by atoms with Crippen molar-refractivity contribution in [3.05, 3.63) is 59.2 Å². The molecule has 0 saturated heterocycles. The molecule has 0 fully saturated rings. The number of amides is 1. The molecule has 2 aromatic rings. The van der Waals surface area contributed by atoms with Crippen molar-refractivity contribution >= 4 is 28.8 Å². The number of benzene rings is 2. The summed E-state index contributed by atoms with van der Waals surface area (Å²) in [4.78, 5) is 13.5. The number of unbranched alkanes of at least 4 members (excludes halogenated alkanes) is 9. The summed E-state index contributed by atoms with van der Waals surface area (Å²) in [6.07, 6.45) is 13.9. The lowest BCUT2D eigenvalue weighted by Gasteiger charge is -2.13. The van der Waals surface area contributed by atoms with Crippen molar-refractivity contribution in [2.24, 2.45) is 0 Å². The third-order valence-corrected chi connectivity index (χ3v) is 6.58. The van der Waals surface area contributed by atoms with Gasteiger partial charge in [0.2, 0.25) is 0 Å². The third-order valence-electron chi connectivity index (χ3n) is 6.20. The van der Waals surface area contributed by atoms with Crippen molar-refractivity contribution < 1.29 is 9.53 Å². The van der Waals surface area contributed by atoms with Crippen LogP contribution < -0.4 is 15.4 Å². The summed E-state index contributed by atoms with van der Waals surface area (Å²) in [5.41, 5.74) is 3.29. The normalized spacial score (nSPS) is 10.7. The maximum Gasteiger partial charge on any atom is 0.255 e. The van der Waals surface area contributed by atoms with E-state index >= 15 is 0 Å². The van der Waals surface area contributed by atoms with Crippen molar-refractivity contribution in [2.75, 3.05) is 18.5 Å². The van der Waals surface area contributed by atoms with E-state index in [-0.39, 0.29) is 5.91 Å². The smallest absolute Gasteiger partial charge is 0.255 e. The molecule has 4 nitrogen and oxygen atoms in total. The highest BCUT2D eigenvalue weighted by Crippen LogP contribution is 2.20.